The molecule has 1 aromatic carbocycles. The second-order valence-corrected chi connectivity index (χ2v) is 6.35. The van der Waals surface area contributed by atoms with E-state index in [1.165, 1.54) is 4.31 Å². The van der Waals surface area contributed by atoms with Crippen molar-refractivity contribution < 1.29 is 8.42 Å². The molecule has 0 amide bonds. The predicted molar refractivity (Wildman–Crippen MR) is 71.1 cm³/mol. The van der Waals surface area contributed by atoms with Crippen LogP contribution < -0.4 is 10.0 Å². The number of piperazine rings is 1. The summed E-state index contributed by atoms with van der Waals surface area (Å²) in [6, 6.07) is 7.10. The fraction of sp³-hybridized carbons (Fsp3) is 0.400. The maximum Gasteiger partial charge on any atom is 0.301 e. The van der Waals surface area contributed by atoms with E-state index >= 15 is 0 Å². The molecule has 0 atom stereocenters. The molecule has 1 aliphatic rings. The van der Waals surface area contributed by atoms with Crippen molar-refractivity contribution in [2.24, 2.45) is 0 Å². The standard InChI is InChI=1S/C10H14BrN3O2S/c11-9-2-1-3-10(8-9)13-17(15,16)14-6-4-12-5-7-14/h1-3,8,12-13H,4-7H2. The van der Waals surface area contributed by atoms with E-state index in [4.69, 9.17) is 0 Å². The molecule has 1 saturated heterocycles. The number of nitrogens with zero attached hydrogens (tertiary/aromatic N) is 1. The van der Waals surface area contributed by atoms with Gasteiger partial charge in [-0.2, -0.15) is 12.7 Å². The summed E-state index contributed by atoms with van der Waals surface area (Å²) in [7, 11) is -3.43. The van der Waals surface area contributed by atoms with Crippen molar-refractivity contribution in [2.45, 2.75) is 0 Å². The molecule has 7 heteroatoms. The largest absolute Gasteiger partial charge is 0.314 e. The van der Waals surface area contributed by atoms with E-state index in [0.29, 0.717) is 31.9 Å². The Balaban J connectivity index is 2.11. The monoisotopic (exact) mass is 319 g/mol. The number of rotatable bonds is 3. The first-order chi connectivity index (χ1) is 8.08. The number of hydrogen-bond donors (Lipinski definition) is 2. The fourth-order valence-corrected chi connectivity index (χ4v) is 3.27. The minimum absolute atomic E-state index is 0.503. The molecule has 0 saturated carbocycles. The van der Waals surface area contributed by atoms with E-state index in [-0.39, 0.29) is 0 Å². The van der Waals surface area contributed by atoms with Gasteiger partial charge in [-0.25, -0.2) is 0 Å². The van der Waals surface area contributed by atoms with Crippen molar-refractivity contribution in [3.05, 3.63) is 28.7 Å². The molecule has 1 heterocycles. The van der Waals surface area contributed by atoms with Crippen molar-refractivity contribution in [3.63, 3.8) is 0 Å². The zero-order chi connectivity index (χ0) is 12.3. The summed E-state index contributed by atoms with van der Waals surface area (Å²) in [4.78, 5) is 0. The Bertz CT molecular complexity index is 486. The van der Waals surface area contributed by atoms with Crippen molar-refractivity contribution in [2.75, 3.05) is 30.9 Å². The second kappa shape index (κ2) is 5.34. The lowest BCUT2D eigenvalue weighted by Crippen LogP contribution is -2.48. The first kappa shape index (κ1) is 12.8. The molecule has 5 nitrogen and oxygen atoms in total. The summed E-state index contributed by atoms with van der Waals surface area (Å²) >= 11 is 3.31. The van der Waals surface area contributed by atoms with Gasteiger partial charge in [-0.05, 0) is 18.2 Å². The van der Waals surface area contributed by atoms with Crippen molar-refractivity contribution in [3.8, 4) is 0 Å². The molecule has 1 fully saturated rings. The highest BCUT2D eigenvalue weighted by atomic mass is 79.9. The summed E-state index contributed by atoms with van der Waals surface area (Å²) < 4.78 is 28.9. The Morgan fingerprint density at radius 2 is 2.00 bits per heavy atom. The van der Waals surface area contributed by atoms with Crippen LogP contribution in [0, 0.1) is 0 Å². The summed E-state index contributed by atoms with van der Waals surface area (Å²) in [6.45, 7) is 2.39. The molecule has 0 unspecified atom stereocenters. The maximum atomic E-state index is 12.0. The van der Waals surface area contributed by atoms with Crippen molar-refractivity contribution in [1.82, 2.24) is 9.62 Å². The normalized spacial score (nSPS) is 17.9. The molecule has 2 N–H and O–H groups in total. The van der Waals surface area contributed by atoms with Gasteiger partial charge in [0.15, 0.2) is 0 Å². The van der Waals surface area contributed by atoms with Crippen LogP contribution in [0.2, 0.25) is 0 Å². The molecular formula is C10H14BrN3O2S. The molecule has 17 heavy (non-hydrogen) atoms. The molecule has 0 bridgehead atoms. The average molecular weight is 320 g/mol. The minimum Gasteiger partial charge on any atom is -0.314 e. The van der Waals surface area contributed by atoms with Crippen LogP contribution in [0.3, 0.4) is 0 Å². The highest BCUT2D eigenvalue weighted by molar-refractivity contribution is 9.10. The molecule has 1 aliphatic heterocycles. The first-order valence-corrected chi connectivity index (χ1v) is 7.55. The molecule has 0 aromatic heterocycles. The summed E-state index contributed by atoms with van der Waals surface area (Å²) in [6.07, 6.45) is 0. The predicted octanol–water partition coefficient (Wildman–Crippen LogP) is 1.01. The van der Waals surface area contributed by atoms with Crippen LogP contribution >= 0.6 is 15.9 Å². The van der Waals surface area contributed by atoms with Crippen LogP contribution in [0.25, 0.3) is 0 Å². The number of halogens is 1. The van der Waals surface area contributed by atoms with Gasteiger partial charge in [0, 0.05) is 30.7 Å². The third-order valence-electron chi connectivity index (χ3n) is 2.49. The number of anilines is 1. The second-order valence-electron chi connectivity index (χ2n) is 3.77. The topological polar surface area (TPSA) is 61.4 Å². The van der Waals surface area contributed by atoms with E-state index < -0.39 is 10.2 Å². The smallest absolute Gasteiger partial charge is 0.301 e. The molecule has 94 valence electrons. The Morgan fingerprint density at radius 3 is 2.65 bits per heavy atom. The van der Waals surface area contributed by atoms with Crippen LogP contribution in [0.15, 0.2) is 28.7 Å². The van der Waals surface area contributed by atoms with E-state index in [2.05, 4.69) is 26.0 Å². The Morgan fingerprint density at radius 1 is 1.29 bits per heavy atom. The van der Waals surface area contributed by atoms with Crippen LogP contribution in [0.1, 0.15) is 0 Å². The van der Waals surface area contributed by atoms with Gasteiger partial charge in [-0.3, -0.25) is 4.72 Å². The number of hydrogen-bond acceptors (Lipinski definition) is 3. The van der Waals surface area contributed by atoms with Crippen molar-refractivity contribution in [1.29, 1.82) is 0 Å². The Kier molecular flexibility index (Phi) is 4.03. The van der Waals surface area contributed by atoms with Gasteiger partial charge >= 0.3 is 10.2 Å². The molecular weight excluding hydrogens is 306 g/mol. The van der Waals surface area contributed by atoms with E-state index in [0.717, 1.165) is 4.47 Å². The zero-order valence-electron chi connectivity index (χ0n) is 9.19. The average Bonchev–Trinajstić information content (AvgIpc) is 2.29. The summed E-state index contributed by atoms with van der Waals surface area (Å²) in [5.41, 5.74) is 0.568. The first-order valence-electron chi connectivity index (χ1n) is 5.32. The molecule has 2 rings (SSSR count). The highest BCUT2D eigenvalue weighted by Crippen LogP contribution is 2.17. The summed E-state index contributed by atoms with van der Waals surface area (Å²) in [5, 5.41) is 3.12. The van der Waals surface area contributed by atoms with E-state index in [1.54, 1.807) is 18.2 Å². The van der Waals surface area contributed by atoms with Crippen LogP contribution in [-0.4, -0.2) is 38.9 Å². The third kappa shape index (κ3) is 3.41. The van der Waals surface area contributed by atoms with Crippen LogP contribution in [0.5, 0.6) is 0 Å². The third-order valence-corrected chi connectivity index (χ3v) is 4.52. The van der Waals surface area contributed by atoms with Gasteiger partial charge in [-0.15, -0.1) is 0 Å². The minimum atomic E-state index is -3.43. The number of nitrogens with one attached hydrogen (secondary N) is 2. The maximum absolute atomic E-state index is 12.0. The quantitative estimate of drug-likeness (QED) is 0.874. The molecule has 0 aliphatic carbocycles. The lowest BCUT2D eigenvalue weighted by molar-refractivity contribution is 0.362. The summed E-state index contributed by atoms with van der Waals surface area (Å²) in [5.74, 6) is 0. The number of benzene rings is 1. The van der Waals surface area contributed by atoms with Gasteiger partial charge < -0.3 is 5.32 Å². The Labute approximate surface area is 110 Å². The van der Waals surface area contributed by atoms with Crippen molar-refractivity contribution >= 4 is 31.8 Å². The van der Waals surface area contributed by atoms with Crippen LogP contribution in [-0.2, 0) is 10.2 Å². The van der Waals surface area contributed by atoms with E-state index in [9.17, 15) is 8.42 Å². The van der Waals surface area contributed by atoms with Gasteiger partial charge in [0.25, 0.3) is 0 Å². The van der Waals surface area contributed by atoms with Gasteiger partial charge in [0.1, 0.15) is 0 Å². The van der Waals surface area contributed by atoms with Crippen LogP contribution in [0.4, 0.5) is 5.69 Å². The van der Waals surface area contributed by atoms with Gasteiger partial charge in [0.05, 0.1) is 5.69 Å². The molecule has 1 aromatic rings. The lowest BCUT2D eigenvalue weighted by Gasteiger charge is -2.26. The molecule has 0 spiro atoms. The highest BCUT2D eigenvalue weighted by Gasteiger charge is 2.23. The fourth-order valence-electron chi connectivity index (χ4n) is 1.65. The van der Waals surface area contributed by atoms with E-state index in [1.807, 2.05) is 6.07 Å². The zero-order valence-corrected chi connectivity index (χ0v) is 11.6. The van der Waals surface area contributed by atoms with Gasteiger partial charge in [-0.1, -0.05) is 22.0 Å². The van der Waals surface area contributed by atoms with Gasteiger partial charge in [0.2, 0.25) is 0 Å². The Hall–Kier alpha value is -0.630. The lowest BCUT2D eigenvalue weighted by atomic mass is 10.3. The molecule has 0 radical (unpaired) electrons. The SMILES string of the molecule is O=S(=O)(Nc1cccc(Br)c1)N1CCNCC1.